The van der Waals surface area contributed by atoms with E-state index in [1.165, 1.54) is 0 Å². The number of nitrogens with zero attached hydrogens (tertiary/aromatic N) is 1. The number of piperidine rings is 1. The summed E-state index contributed by atoms with van der Waals surface area (Å²) in [6, 6.07) is 16.6. The van der Waals surface area contributed by atoms with Gasteiger partial charge in [-0.1, -0.05) is 55.8 Å². The number of benzene rings is 2. The highest BCUT2D eigenvalue weighted by molar-refractivity contribution is 5.92. The lowest BCUT2D eigenvalue weighted by Crippen LogP contribution is -2.58. The summed E-state index contributed by atoms with van der Waals surface area (Å²) in [5.41, 5.74) is 1.16. The lowest BCUT2D eigenvalue weighted by Gasteiger charge is -2.40. The van der Waals surface area contributed by atoms with Gasteiger partial charge in [-0.05, 0) is 74.3 Å². The standard InChI is InChI=1S/C36H48N4O5/c1-2-3-21-45-30-14-12-29(13-15-30)37-33(41)26-40-20-16-31-28(25-40)11-7-8-17-36(18-22-44-23-19-36)35(43)39-32(34(42)38-31)24-27-9-5-4-6-10-27/h4-10,12-15,28,31-32H,2-3,11,16-26H2,1H3,(H,37,41)(H,38,42)(H,39,43)/b8-7+/t28-,31+,32+/m1/s1. The number of amides is 3. The molecule has 0 aromatic heterocycles. The Hall–Kier alpha value is -3.69. The first kappa shape index (κ1) is 32.7. The van der Waals surface area contributed by atoms with Crippen molar-refractivity contribution in [3.63, 3.8) is 0 Å². The van der Waals surface area contributed by atoms with E-state index in [1.807, 2.05) is 54.6 Å². The fourth-order valence-corrected chi connectivity index (χ4v) is 6.57. The average Bonchev–Trinajstić information content (AvgIpc) is 3.05. The number of ether oxygens (including phenoxy) is 2. The van der Waals surface area contributed by atoms with Gasteiger partial charge in [-0.3, -0.25) is 19.3 Å². The van der Waals surface area contributed by atoms with Gasteiger partial charge in [0.05, 0.1) is 18.6 Å². The van der Waals surface area contributed by atoms with Crippen LogP contribution in [-0.4, -0.2) is 74.2 Å². The van der Waals surface area contributed by atoms with E-state index >= 15 is 0 Å². The molecule has 9 nitrogen and oxygen atoms in total. The van der Waals surface area contributed by atoms with Crippen LogP contribution in [0.3, 0.4) is 0 Å². The maximum absolute atomic E-state index is 13.8. The summed E-state index contributed by atoms with van der Waals surface area (Å²) in [4.78, 5) is 42.7. The number of allylic oxidation sites excluding steroid dienone is 2. The second-order valence-electron chi connectivity index (χ2n) is 12.7. The predicted octanol–water partition coefficient (Wildman–Crippen LogP) is 4.49. The summed E-state index contributed by atoms with van der Waals surface area (Å²) in [5, 5.41) is 9.47. The van der Waals surface area contributed by atoms with Crippen molar-refractivity contribution >= 4 is 23.4 Å². The van der Waals surface area contributed by atoms with Crippen LogP contribution in [0.15, 0.2) is 66.7 Å². The van der Waals surface area contributed by atoms with E-state index < -0.39 is 11.5 Å². The van der Waals surface area contributed by atoms with E-state index in [0.29, 0.717) is 58.6 Å². The lowest BCUT2D eigenvalue weighted by molar-refractivity contribution is -0.140. The molecule has 242 valence electrons. The number of fused-ring (bicyclic) bond motifs is 1. The van der Waals surface area contributed by atoms with Gasteiger partial charge in [0.25, 0.3) is 0 Å². The van der Waals surface area contributed by atoms with Crippen LogP contribution in [0.25, 0.3) is 0 Å². The van der Waals surface area contributed by atoms with E-state index in [-0.39, 0.29) is 36.2 Å². The van der Waals surface area contributed by atoms with Crippen molar-refractivity contribution in [3.05, 3.63) is 72.3 Å². The molecule has 0 unspecified atom stereocenters. The van der Waals surface area contributed by atoms with Gasteiger partial charge in [-0.25, -0.2) is 0 Å². The van der Waals surface area contributed by atoms with Crippen molar-refractivity contribution in [1.82, 2.24) is 15.5 Å². The van der Waals surface area contributed by atoms with E-state index in [2.05, 4.69) is 39.9 Å². The second-order valence-corrected chi connectivity index (χ2v) is 12.7. The summed E-state index contributed by atoms with van der Waals surface area (Å²) < 4.78 is 11.3. The van der Waals surface area contributed by atoms with Crippen LogP contribution in [0, 0.1) is 11.3 Å². The number of unbranched alkanes of at least 4 members (excludes halogenated alkanes) is 1. The van der Waals surface area contributed by atoms with Crippen LogP contribution < -0.4 is 20.7 Å². The molecule has 2 saturated heterocycles. The molecule has 45 heavy (non-hydrogen) atoms. The number of rotatable bonds is 9. The number of anilines is 1. The molecule has 5 rings (SSSR count). The summed E-state index contributed by atoms with van der Waals surface area (Å²) >= 11 is 0. The third-order valence-electron chi connectivity index (χ3n) is 9.37. The summed E-state index contributed by atoms with van der Waals surface area (Å²) in [6.45, 7) is 5.57. The van der Waals surface area contributed by atoms with Gasteiger partial charge in [0.15, 0.2) is 0 Å². The highest BCUT2D eigenvalue weighted by atomic mass is 16.5. The summed E-state index contributed by atoms with van der Waals surface area (Å²) in [7, 11) is 0. The third kappa shape index (κ3) is 9.17. The van der Waals surface area contributed by atoms with Crippen LogP contribution >= 0.6 is 0 Å². The maximum atomic E-state index is 13.8. The number of hydrogen-bond donors (Lipinski definition) is 3. The Bertz CT molecular complexity index is 1290. The number of nitrogens with one attached hydrogen (secondary N) is 3. The summed E-state index contributed by atoms with van der Waals surface area (Å²) in [5.74, 6) is 0.664. The highest BCUT2D eigenvalue weighted by Crippen LogP contribution is 2.36. The Balaban J connectivity index is 1.25. The molecule has 9 heteroatoms. The van der Waals surface area contributed by atoms with Crippen LogP contribution in [0.1, 0.15) is 57.4 Å². The van der Waals surface area contributed by atoms with Gasteiger partial charge in [0.2, 0.25) is 17.7 Å². The fraction of sp³-hybridized carbons (Fsp3) is 0.528. The van der Waals surface area contributed by atoms with E-state index in [0.717, 1.165) is 42.7 Å². The molecule has 0 radical (unpaired) electrons. The normalized spacial score (nSPS) is 24.7. The highest BCUT2D eigenvalue weighted by Gasteiger charge is 2.41. The maximum Gasteiger partial charge on any atom is 0.243 e. The van der Waals surface area contributed by atoms with Crippen molar-refractivity contribution in [2.24, 2.45) is 11.3 Å². The zero-order valence-corrected chi connectivity index (χ0v) is 26.5. The van der Waals surface area contributed by atoms with E-state index in [1.54, 1.807) is 0 Å². The predicted molar refractivity (Wildman–Crippen MR) is 175 cm³/mol. The van der Waals surface area contributed by atoms with Gasteiger partial charge < -0.3 is 25.4 Å². The minimum Gasteiger partial charge on any atom is -0.494 e. The van der Waals surface area contributed by atoms with Gasteiger partial charge in [0.1, 0.15) is 11.8 Å². The van der Waals surface area contributed by atoms with Crippen molar-refractivity contribution in [1.29, 1.82) is 0 Å². The Morgan fingerprint density at radius 1 is 1.04 bits per heavy atom. The van der Waals surface area contributed by atoms with Gasteiger partial charge in [-0.2, -0.15) is 0 Å². The molecule has 2 aromatic carbocycles. The first-order chi connectivity index (χ1) is 21.9. The third-order valence-corrected chi connectivity index (χ3v) is 9.37. The molecule has 2 aromatic rings. The topological polar surface area (TPSA) is 109 Å². The van der Waals surface area contributed by atoms with Crippen molar-refractivity contribution in [2.75, 3.05) is 44.8 Å². The van der Waals surface area contributed by atoms with Crippen LogP contribution in [0.5, 0.6) is 5.75 Å². The molecule has 0 aliphatic carbocycles. The van der Waals surface area contributed by atoms with Gasteiger partial charge in [-0.15, -0.1) is 0 Å². The molecule has 3 aliphatic rings. The largest absolute Gasteiger partial charge is 0.494 e. The average molecular weight is 617 g/mol. The Morgan fingerprint density at radius 3 is 2.58 bits per heavy atom. The number of carbonyl (C=O) groups is 3. The molecule has 3 heterocycles. The zero-order chi connectivity index (χ0) is 31.5. The quantitative estimate of drug-likeness (QED) is 0.283. The molecule has 3 N–H and O–H groups in total. The molecular formula is C36H48N4O5. The molecule has 0 saturated carbocycles. The minimum absolute atomic E-state index is 0.0478. The molecule has 3 amide bonds. The van der Waals surface area contributed by atoms with Crippen molar-refractivity contribution in [2.45, 2.75) is 70.4 Å². The minimum atomic E-state index is -0.670. The van der Waals surface area contributed by atoms with Crippen LogP contribution in [0.4, 0.5) is 5.69 Å². The zero-order valence-electron chi connectivity index (χ0n) is 26.5. The number of likely N-dealkylation sites (tertiary alicyclic amines) is 1. The SMILES string of the molecule is CCCCOc1ccc(NC(=O)CN2CC[C@@H]3NC(=O)[C@H](Cc4ccccc4)NC(=O)C4(C/C=C/C[C@@H]3C2)CCOCC4)cc1. The molecular weight excluding hydrogens is 568 g/mol. The molecule has 3 aliphatic heterocycles. The van der Waals surface area contributed by atoms with E-state index in [9.17, 15) is 14.4 Å². The van der Waals surface area contributed by atoms with Crippen molar-refractivity contribution in [3.8, 4) is 5.75 Å². The Labute approximate surface area is 267 Å². The Morgan fingerprint density at radius 2 is 1.82 bits per heavy atom. The van der Waals surface area contributed by atoms with E-state index in [4.69, 9.17) is 9.47 Å². The molecule has 0 bridgehead atoms. The lowest BCUT2D eigenvalue weighted by atomic mass is 9.75. The first-order valence-electron chi connectivity index (χ1n) is 16.6. The number of hydrogen-bond acceptors (Lipinski definition) is 6. The monoisotopic (exact) mass is 616 g/mol. The molecule has 2 fully saturated rings. The molecule has 3 atom stereocenters. The molecule has 1 spiro atoms. The Kier molecular flexibility index (Phi) is 11.7. The fourth-order valence-electron chi connectivity index (χ4n) is 6.57. The smallest absolute Gasteiger partial charge is 0.243 e. The van der Waals surface area contributed by atoms with Gasteiger partial charge >= 0.3 is 0 Å². The van der Waals surface area contributed by atoms with Crippen LogP contribution in [0.2, 0.25) is 0 Å². The number of carbonyl (C=O) groups excluding carboxylic acids is 3. The van der Waals surface area contributed by atoms with Crippen molar-refractivity contribution < 1.29 is 23.9 Å². The van der Waals surface area contributed by atoms with Gasteiger partial charge in [0, 0.05) is 44.5 Å². The first-order valence-corrected chi connectivity index (χ1v) is 16.6. The summed E-state index contributed by atoms with van der Waals surface area (Å²) in [6.07, 6.45) is 10.2. The second kappa shape index (κ2) is 16.0. The van der Waals surface area contributed by atoms with Crippen LogP contribution in [-0.2, 0) is 25.5 Å².